The zero-order chi connectivity index (χ0) is 25.8. The molecule has 0 bridgehead atoms. The number of fused-ring (bicyclic) bond motifs is 1. The first-order valence-corrected chi connectivity index (χ1v) is 11.9. The number of hydrogen-bond donors (Lipinski definition) is 3. The number of nitrogens with one attached hydrogen (secondary N) is 3. The third-order valence-electron chi connectivity index (χ3n) is 6.27. The number of anilines is 4. The molecule has 188 valence electrons. The van der Waals surface area contributed by atoms with Crippen molar-refractivity contribution in [2.45, 2.75) is 0 Å². The van der Waals surface area contributed by atoms with Crippen LogP contribution >= 0.6 is 0 Å². The lowest BCUT2D eigenvalue weighted by atomic mass is 10.0. The summed E-state index contributed by atoms with van der Waals surface area (Å²) in [6.07, 6.45) is 4.90. The molecule has 0 atom stereocenters. The van der Waals surface area contributed by atoms with Crippen LogP contribution in [0.2, 0.25) is 0 Å². The Balaban J connectivity index is 1.43. The second-order valence-electron chi connectivity index (χ2n) is 8.76. The monoisotopic (exact) mass is 499 g/mol. The van der Waals surface area contributed by atoms with Gasteiger partial charge in [-0.1, -0.05) is 0 Å². The summed E-state index contributed by atoms with van der Waals surface area (Å²) in [6.45, 7) is 4.03. The predicted molar refractivity (Wildman–Crippen MR) is 142 cm³/mol. The van der Waals surface area contributed by atoms with E-state index in [1.165, 1.54) is 36.5 Å². The number of aldehydes is 1. The number of carbonyl (C=O) groups is 2. The van der Waals surface area contributed by atoms with Crippen LogP contribution < -0.4 is 15.5 Å². The van der Waals surface area contributed by atoms with Crippen LogP contribution in [0.15, 0.2) is 67.0 Å². The number of nitrogens with zero attached hydrogens (tertiary/aromatic N) is 4. The Morgan fingerprint density at radius 2 is 1.76 bits per heavy atom. The van der Waals surface area contributed by atoms with Crippen molar-refractivity contribution in [3.8, 4) is 0 Å². The van der Waals surface area contributed by atoms with Crippen molar-refractivity contribution >= 4 is 46.2 Å². The topological polar surface area (TPSA) is 106 Å². The molecule has 3 N–H and O–H groups in total. The Morgan fingerprint density at radius 3 is 2.46 bits per heavy atom. The molecular weight excluding hydrogens is 473 g/mol. The molecule has 0 spiro atoms. The van der Waals surface area contributed by atoms with Gasteiger partial charge in [0.2, 0.25) is 5.95 Å². The van der Waals surface area contributed by atoms with Gasteiger partial charge >= 0.3 is 0 Å². The van der Waals surface area contributed by atoms with Gasteiger partial charge in [0, 0.05) is 55.5 Å². The Bertz CT molecular complexity index is 1440. The number of aromatic amines is 1. The summed E-state index contributed by atoms with van der Waals surface area (Å²) in [5.41, 5.74) is 3.05. The third-order valence-corrected chi connectivity index (χ3v) is 6.27. The largest absolute Gasteiger partial charge is 0.369 e. The van der Waals surface area contributed by atoms with E-state index in [9.17, 15) is 14.0 Å². The lowest BCUT2D eigenvalue weighted by Crippen LogP contribution is -2.44. The summed E-state index contributed by atoms with van der Waals surface area (Å²) in [5, 5.41) is 6.64. The van der Waals surface area contributed by atoms with Crippen LogP contribution in [0.1, 0.15) is 15.9 Å². The van der Waals surface area contributed by atoms with Gasteiger partial charge in [-0.2, -0.15) is 9.97 Å². The normalized spacial score (nSPS) is 14.3. The highest BCUT2D eigenvalue weighted by atomic mass is 19.1. The van der Waals surface area contributed by atoms with Gasteiger partial charge in [-0.05, 0) is 61.7 Å². The Kier molecular flexibility index (Phi) is 6.91. The number of hydrogen-bond acceptors (Lipinski definition) is 8. The zero-order valence-electron chi connectivity index (χ0n) is 20.2. The number of piperazine rings is 1. The summed E-state index contributed by atoms with van der Waals surface area (Å²) < 4.78 is 13.3. The van der Waals surface area contributed by atoms with E-state index in [2.05, 4.69) is 54.6 Å². The van der Waals surface area contributed by atoms with Crippen LogP contribution in [0.3, 0.4) is 0 Å². The molecule has 1 saturated heterocycles. The third kappa shape index (κ3) is 5.34. The lowest BCUT2D eigenvalue weighted by molar-refractivity contribution is -0.104. The molecule has 0 aliphatic carbocycles. The first-order chi connectivity index (χ1) is 18.0. The maximum absolute atomic E-state index is 13.3. The van der Waals surface area contributed by atoms with E-state index in [0.717, 1.165) is 37.6 Å². The highest BCUT2D eigenvalue weighted by Gasteiger charge is 2.20. The van der Waals surface area contributed by atoms with E-state index >= 15 is 0 Å². The van der Waals surface area contributed by atoms with Crippen LogP contribution in [-0.2, 0) is 4.79 Å². The van der Waals surface area contributed by atoms with Gasteiger partial charge in [-0.15, -0.1) is 0 Å². The highest BCUT2D eigenvalue weighted by Crippen LogP contribution is 2.29. The smallest absolute Gasteiger partial charge is 0.231 e. The van der Waals surface area contributed by atoms with Gasteiger partial charge < -0.3 is 25.4 Å². The molecule has 2 aromatic carbocycles. The van der Waals surface area contributed by atoms with E-state index in [1.807, 2.05) is 12.1 Å². The summed E-state index contributed by atoms with van der Waals surface area (Å²) >= 11 is 0. The van der Waals surface area contributed by atoms with Crippen molar-refractivity contribution in [2.75, 3.05) is 48.8 Å². The van der Waals surface area contributed by atoms with Crippen molar-refractivity contribution in [1.29, 1.82) is 0 Å². The van der Waals surface area contributed by atoms with Gasteiger partial charge in [-0.25, -0.2) is 4.39 Å². The van der Waals surface area contributed by atoms with E-state index in [1.54, 1.807) is 6.20 Å². The molecule has 10 heteroatoms. The van der Waals surface area contributed by atoms with Crippen molar-refractivity contribution < 1.29 is 14.0 Å². The Morgan fingerprint density at radius 1 is 1.03 bits per heavy atom. The van der Waals surface area contributed by atoms with Gasteiger partial charge in [-0.3, -0.25) is 9.59 Å². The highest BCUT2D eigenvalue weighted by molar-refractivity contribution is 6.18. The average molecular weight is 500 g/mol. The fourth-order valence-electron chi connectivity index (χ4n) is 4.24. The molecule has 1 aliphatic heterocycles. The molecule has 3 heterocycles. The maximum atomic E-state index is 13.3. The summed E-state index contributed by atoms with van der Waals surface area (Å²) in [7, 11) is 2.13. The quantitative estimate of drug-likeness (QED) is 0.190. The molecule has 2 aromatic heterocycles. The number of H-pyrrole nitrogens is 1. The molecular formula is C27H26FN7O2. The number of halogens is 1. The summed E-state index contributed by atoms with van der Waals surface area (Å²) in [4.78, 5) is 40.8. The number of ketones is 1. The minimum Gasteiger partial charge on any atom is -0.369 e. The Labute approximate surface area is 213 Å². The van der Waals surface area contributed by atoms with Crippen LogP contribution in [0.5, 0.6) is 0 Å². The van der Waals surface area contributed by atoms with Crippen LogP contribution in [-0.4, -0.2) is 65.1 Å². The van der Waals surface area contributed by atoms with Crippen molar-refractivity contribution in [2.24, 2.45) is 0 Å². The fourth-order valence-corrected chi connectivity index (χ4v) is 4.24. The van der Waals surface area contributed by atoms with Crippen LogP contribution in [0, 0.1) is 5.82 Å². The molecule has 5 rings (SSSR count). The first-order valence-electron chi connectivity index (χ1n) is 11.9. The molecule has 0 amide bonds. The van der Waals surface area contributed by atoms with Crippen LogP contribution in [0.4, 0.5) is 27.5 Å². The predicted octanol–water partition coefficient (Wildman–Crippen LogP) is 3.95. The second-order valence-corrected chi connectivity index (χ2v) is 8.76. The number of aromatic nitrogens is 3. The zero-order valence-corrected chi connectivity index (χ0v) is 20.2. The van der Waals surface area contributed by atoms with Gasteiger partial charge in [0.25, 0.3) is 0 Å². The van der Waals surface area contributed by atoms with Gasteiger partial charge in [0.1, 0.15) is 23.6 Å². The van der Waals surface area contributed by atoms with Crippen molar-refractivity contribution in [3.05, 3.63) is 83.9 Å². The second kappa shape index (κ2) is 10.6. The van der Waals surface area contributed by atoms with E-state index < -0.39 is 5.82 Å². The number of rotatable bonds is 8. The number of likely N-dealkylation sites (N-methyl/N-ethyl adjacent to an activating group) is 1. The fraction of sp³-hybridized carbons (Fsp3) is 0.185. The van der Waals surface area contributed by atoms with Crippen molar-refractivity contribution in [1.82, 2.24) is 19.9 Å². The van der Waals surface area contributed by atoms with Gasteiger partial charge in [0.15, 0.2) is 5.78 Å². The molecule has 9 nitrogen and oxygen atoms in total. The molecule has 4 aromatic rings. The van der Waals surface area contributed by atoms with Crippen LogP contribution in [0.25, 0.3) is 11.0 Å². The minimum absolute atomic E-state index is 0.308. The average Bonchev–Trinajstić information content (AvgIpc) is 3.34. The van der Waals surface area contributed by atoms with Crippen molar-refractivity contribution in [3.63, 3.8) is 0 Å². The number of benzene rings is 2. The minimum atomic E-state index is -0.424. The molecule has 37 heavy (non-hydrogen) atoms. The Hall–Kier alpha value is -4.57. The van der Waals surface area contributed by atoms with E-state index in [4.69, 9.17) is 0 Å². The summed E-state index contributed by atoms with van der Waals surface area (Å²) in [5.74, 6) is -0.0826. The molecule has 0 radical (unpaired) electrons. The van der Waals surface area contributed by atoms with E-state index in [0.29, 0.717) is 40.2 Å². The maximum Gasteiger partial charge on any atom is 0.231 e. The van der Waals surface area contributed by atoms with E-state index in [-0.39, 0.29) is 5.78 Å². The molecule has 0 unspecified atom stereocenters. The molecule has 0 saturated carbocycles. The number of carbonyl (C=O) groups excluding carboxylic acids is 2. The lowest BCUT2D eigenvalue weighted by Gasteiger charge is -2.34. The summed E-state index contributed by atoms with van der Waals surface area (Å²) in [6, 6.07) is 13.4. The first kappa shape index (κ1) is 24.1. The van der Waals surface area contributed by atoms with Gasteiger partial charge in [0.05, 0.1) is 10.9 Å². The SMILES string of the molecule is CN1CCN(c2ccc(Nc3nc(NC=CC=O)c4c(C(=O)c5ccc(F)cc5)c[nH]c4n3)cc2)CC1. The molecule has 1 aliphatic rings. The molecule has 1 fully saturated rings. The standard InChI is InChI=1S/C27H26FN7O2/c1-34-12-14-35(15-13-34)21-9-7-20(8-10-21)31-27-32-25(29-11-2-16-36)23-22(17-30-26(23)33-27)24(37)18-3-5-19(28)6-4-18/h2-11,16-17H,12-15H2,1H3,(H3,29,30,31,32,33). The number of allylic oxidation sites excluding steroid dienone is 1.